The number of esters is 1. The van der Waals surface area contributed by atoms with Gasteiger partial charge in [-0.3, -0.25) is 0 Å². The molecule has 1 aromatic heterocycles. The lowest BCUT2D eigenvalue weighted by Gasteiger charge is -2.04. The van der Waals surface area contributed by atoms with E-state index in [4.69, 9.17) is 9.47 Å². The second kappa shape index (κ2) is 7.31. The van der Waals surface area contributed by atoms with Gasteiger partial charge in [0.2, 0.25) is 0 Å². The van der Waals surface area contributed by atoms with Crippen LogP contribution in [0.25, 0.3) is 0 Å². The Balaban J connectivity index is 2.00. The van der Waals surface area contributed by atoms with Gasteiger partial charge in [0.05, 0.1) is 23.4 Å². The standard InChI is InChI=1S/C14H15NO3S2/c1-3-18-13(16)12-14(20-9-15-12)19-8-10-4-6-11(17-2)7-5-10/h4-7,9H,3,8H2,1-2H3. The van der Waals surface area contributed by atoms with E-state index in [0.717, 1.165) is 15.7 Å². The summed E-state index contributed by atoms with van der Waals surface area (Å²) in [5, 5.41) is 0. The highest BCUT2D eigenvalue weighted by Crippen LogP contribution is 2.30. The summed E-state index contributed by atoms with van der Waals surface area (Å²) in [4.78, 5) is 15.8. The highest BCUT2D eigenvalue weighted by Gasteiger charge is 2.16. The van der Waals surface area contributed by atoms with Crippen LogP contribution in [-0.2, 0) is 10.5 Å². The van der Waals surface area contributed by atoms with E-state index in [9.17, 15) is 4.79 Å². The third-order valence-corrected chi connectivity index (χ3v) is 4.73. The van der Waals surface area contributed by atoms with E-state index in [1.54, 1.807) is 31.3 Å². The topological polar surface area (TPSA) is 48.4 Å². The number of thiazole rings is 1. The SMILES string of the molecule is CCOC(=O)c1ncsc1SCc1ccc(OC)cc1. The maximum atomic E-state index is 11.7. The zero-order chi connectivity index (χ0) is 14.4. The number of methoxy groups -OCH3 is 1. The fourth-order valence-electron chi connectivity index (χ4n) is 1.54. The molecule has 20 heavy (non-hydrogen) atoms. The van der Waals surface area contributed by atoms with Crippen LogP contribution >= 0.6 is 23.1 Å². The first-order chi connectivity index (χ1) is 9.74. The normalized spacial score (nSPS) is 10.3. The number of nitrogens with zero attached hydrogens (tertiary/aromatic N) is 1. The molecule has 6 heteroatoms. The molecule has 0 radical (unpaired) electrons. The fraction of sp³-hybridized carbons (Fsp3) is 0.286. The van der Waals surface area contributed by atoms with Gasteiger partial charge in [-0.15, -0.1) is 23.1 Å². The van der Waals surface area contributed by atoms with Gasteiger partial charge in [0.25, 0.3) is 0 Å². The van der Waals surface area contributed by atoms with E-state index >= 15 is 0 Å². The largest absolute Gasteiger partial charge is 0.497 e. The van der Waals surface area contributed by atoms with Crippen molar-refractivity contribution in [3.05, 3.63) is 41.0 Å². The lowest BCUT2D eigenvalue weighted by molar-refractivity contribution is 0.0516. The van der Waals surface area contributed by atoms with Crippen molar-refractivity contribution in [2.45, 2.75) is 16.9 Å². The molecule has 2 aromatic rings. The van der Waals surface area contributed by atoms with Crippen LogP contribution in [0, 0.1) is 0 Å². The average Bonchev–Trinajstić information content (AvgIpc) is 2.94. The van der Waals surface area contributed by atoms with Crippen molar-refractivity contribution in [3.8, 4) is 5.75 Å². The Bertz CT molecular complexity index is 566. The second-order valence-electron chi connectivity index (χ2n) is 3.85. The number of hydrogen-bond acceptors (Lipinski definition) is 6. The highest BCUT2D eigenvalue weighted by molar-refractivity contribution is 8.00. The lowest BCUT2D eigenvalue weighted by Crippen LogP contribution is -2.05. The summed E-state index contributed by atoms with van der Waals surface area (Å²) in [6, 6.07) is 7.87. The minimum absolute atomic E-state index is 0.356. The summed E-state index contributed by atoms with van der Waals surface area (Å²) in [6.07, 6.45) is 0. The summed E-state index contributed by atoms with van der Waals surface area (Å²) < 4.78 is 11.0. The number of thioether (sulfide) groups is 1. The zero-order valence-electron chi connectivity index (χ0n) is 11.3. The minimum atomic E-state index is -0.356. The maximum absolute atomic E-state index is 11.7. The molecule has 0 unspecified atom stereocenters. The van der Waals surface area contributed by atoms with Crippen molar-refractivity contribution in [3.63, 3.8) is 0 Å². The molecule has 1 aromatic carbocycles. The van der Waals surface area contributed by atoms with Crippen LogP contribution in [0.2, 0.25) is 0 Å². The molecule has 0 spiro atoms. The highest BCUT2D eigenvalue weighted by atomic mass is 32.2. The number of ether oxygens (including phenoxy) is 2. The first kappa shape index (κ1) is 14.9. The van der Waals surface area contributed by atoms with Crippen LogP contribution in [0.4, 0.5) is 0 Å². The Labute approximate surface area is 126 Å². The molecule has 106 valence electrons. The van der Waals surface area contributed by atoms with Gasteiger partial charge in [0, 0.05) is 5.75 Å². The van der Waals surface area contributed by atoms with E-state index in [1.807, 2.05) is 24.3 Å². The van der Waals surface area contributed by atoms with Gasteiger partial charge in [-0.1, -0.05) is 12.1 Å². The Morgan fingerprint density at radius 1 is 1.35 bits per heavy atom. The minimum Gasteiger partial charge on any atom is -0.497 e. The summed E-state index contributed by atoms with van der Waals surface area (Å²) in [7, 11) is 1.65. The lowest BCUT2D eigenvalue weighted by atomic mass is 10.2. The average molecular weight is 309 g/mol. The van der Waals surface area contributed by atoms with E-state index < -0.39 is 0 Å². The molecule has 0 aliphatic heterocycles. The van der Waals surface area contributed by atoms with Crippen molar-refractivity contribution < 1.29 is 14.3 Å². The Hall–Kier alpha value is -1.53. The molecule has 0 amide bonds. The molecule has 0 aliphatic rings. The molecule has 0 bridgehead atoms. The van der Waals surface area contributed by atoms with Gasteiger partial charge < -0.3 is 9.47 Å². The maximum Gasteiger partial charge on any atom is 0.358 e. The van der Waals surface area contributed by atoms with Crippen LogP contribution < -0.4 is 4.74 Å². The van der Waals surface area contributed by atoms with Crippen molar-refractivity contribution >= 4 is 29.1 Å². The molecular weight excluding hydrogens is 294 g/mol. The van der Waals surface area contributed by atoms with E-state index in [2.05, 4.69) is 4.98 Å². The van der Waals surface area contributed by atoms with Gasteiger partial charge in [0.1, 0.15) is 5.75 Å². The molecule has 0 atom stereocenters. The molecule has 1 heterocycles. The molecule has 0 saturated carbocycles. The Morgan fingerprint density at radius 3 is 2.75 bits per heavy atom. The van der Waals surface area contributed by atoms with Gasteiger partial charge in [-0.25, -0.2) is 9.78 Å². The van der Waals surface area contributed by atoms with Gasteiger partial charge in [-0.2, -0.15) is 0 Å². The second-order valence-corrected chi connectivity index (χ2v) is 5.94. The number of carbonyl (C=O) groups is 1. The zero-order valence-corrected chi connectivity index (χ0v) is 12.9. The summed E-state index contributed by atoms with van der Waals surface area (Å²) >= 11 is 3.05. The monoisotopic (exact) mass is 309 g/mol. The third-order valence-electron chi connectivity index (χ3n) is 2.53. The number of aromatic nitrogens is 1. The first-order valence-electron chi connectivity index (χ1n) is 6.11. The predicted molar refractivity (Wildman–Crippen MR) is 80.6 cm³/mol. The van der Waals surface area contributed by atoms with Gasteiger partial charge >= 0.3 is 5.97 Å². The van der Waals surface area contributed by atoms with Crippen LogP contribution in [0.1, 0.15) is 23.0 Å². The summed E-state index contributed by atoms with van der Waals surface area (Å²) in [5.74, 6) is 1.26. The number of rotatable bonds is 6. The van der Waals surface area contributed by atoms with Gasteiger partial charge in [-0.05, 0) is 24.6 Å². The van der Waals surface area contributed by atoms with Crippen molar-refractivity contribution in [2.75, 3.05) is 13.7 Å². The Morgan fingerprint density at radius 2 is 2.10 bits per heavy atom. The van der Waals surface area contributed by atoms with Gasteiger partial charge in [0.15, 0.2) is 5.69 Å². The van der Waals surface area contributed by atoms with Crippen LogP contribution in [0.5, 0.6) is 5.75 Å². The van der Waals surface area contributed by atoms with Crippen molar-refractivity contribution in [1.29, 1.82) is 0 Å². The first-order valence-corrected chi connectivity index (χ1v) is 7.97. The van der Waals surface area contributed by atoms with Crippen LogP contribution in [-0.4, -0.2) is 24.7 Å². The van der Waals surface area contributed by atoms with E-state index in [0.29, 0.717) is 12.3 Å². The van der Waals surface area contributed by atoms with Crippen LogP contribution in [0.3, 0.4) is 0 Å². The van der Waals surface area contributed by atoms with Crippen molar-refractivity contribution in [1.82, 2.24) is 4.98 Å². The van der Waals surface area contributed by atoms with E-state index in [1.165, 1.54) is 16.9 Å². The molecular formula is C14H15NO3S2. The number of carbonyl (C=O) groups excluding carboxylic acids is 1. The molecule has 0 N–H and O–H groups in total. The summed E-state index contributed by atoms with van der Waals surface area (Å²) in [5.41, 5.74) is 3.25. The Kier molecular flexibility index (Phi) is 5.43. The number of hydrogen-bond donors (Lipinski definition) is 0. The smallest absolute Gasteiger partial charge is 0.358 e. The third kappa shape index (κ3) is 3.74. The number of benzene rings is 1. The fourth-order valence-corrected chi connectivity index (χ4v) is 3.39. The van der Waals surface area contributed by atoms with E-state index in [-0.39, 0.29) is 5.97 Å². The molecule has 2 rings (SSSR count). The molecule has 0 saturated heterocycles. The van der Waals surface area contributed by atoms with Crippen molar-refractivity contribution in [2.24, 2.45) is 0 Å². The molecule has 0 fully saturated rings. The summed E-state index contributed by atoms with van der Waals surface area (Å²) in [6.45, 7) is 2.15. The molecule has 0 aliphatic carbocycles. The quantitative estimate of drug-likeness (QED) is 0.602. The molecule has 4 nitrogen and oxygen atoms in total. The van der Waals surface area contributed by atoms with Crippen LogP contribution in [0.15, 0.2) is 34.0 Å². The predicted octanol–water partition coefficient (Wildman–Crippen LogP) is 3.62.